The maximum absolute atomic E-state index is 13.1. The van der Waals surface area contributed by atoms with Crippen LogP contribution in [0, 0.1) is 23.7 Å². The zero-order valence-electron chi connectivity index (χ0n) is 59.5. The molecule has 4 aliphatic heterocycles. The van der Waals surface area contributed by atoms with Gasteiger partial charge < -0.3 is 80.2 Å². The molecule has 8 atom stereocenters. The average Bonchev–Trinajstić information content (AvgIpc) is 1.64. The van der Waals surface area contributed by atoms with Crippen molar-refractivity contribution in [2.45, 2.75) is 272 Å². The zero-order valence-corrected chi connectivity index (χ0v) is 59.5. The standard InChI is InChI=1S/C24H45BN2O5.C18H32N2O3.C13H23NO4.C12H25BN2O4/c1-18(28)26-20(21(29)30-22(2,3)4)19(17-27-15-10-9-11-16-27)13-12-14-25-31-23(5,6)24(7,8)32-25;1-6-10-15(13-20-11-8-7-9-12-20)16(19-14(2)21)17(22)23-18(3,4)5;1-6-7-10(8-15)11(14-9(2)16)12(17)18-13(3,4)5;14-11(12(16)17)10(5-4-6-13(18)19)9-15-7-2-1-3-8-15/h19-20H,9-17H2,1-8H3,(H,26,28);6,15-16H,1,7-13H2,2-5H3,(H,19,21);6,10-11,15H,1,7-8H2,2-5H3,(H,14,16);10-11,18-19H,1-9,14H2,(H,16,17)/t19-,20+;15-,16+;2*10-,11+/m1111/s1. The van der Waals surface area contributed by atoms with Crippen LogP contribution >= 0.6 is 0 Å². The third kappa shape index (κ3) is 36.4. The van der Waals surface area contributed by atoms with Crippen LogP contribution in [0.4, 0.5) is 0 Å². The van der Waals surface area contributed by atoms with Gasteiger partial charge in [-0.25, -0.2) is 14.4 Å². The number of carboxylic acid groups (broad SMARTS) is 1. The second-order valence-electron chi connectivity index (χ2n) is 29.4. The lowest BCUT2D eigenvalue weighted by Crippen LogP contribution is -2.51. The number of nitrogens with one attached hydrogen (secondary N) is 3. The predicted octanol–water partition coefficient (Wildman–Crippen LogP) is 7.09. The molecule has 4 saturated heterocycles. The van der Waals surface area contributed by atoms with Gasteiger partial charge >= 0.3 is 38.1 Å². The first kappa shape index (κ1) is 85.6. The molecule has 25 heteroatoms. The highest BCUT2D eigenvalue weighted by Crippen LogP contribution is 2.38. The van der Waals surface area contributed by atoms with Crippen molar-refractivity contribution in [3.8, 4) is 0 Å². The first-order chi connectivity index (χ1) is 42.6. The first-order valence-corrected chi connectivity index (χ1v) is 33.8. The van der Waals surface area contributed by atoms with Gasteiger partial charge in [0.1, 0.15) is 41.0 Å². The van der Waals surface area contributed by atoms with E-state index in [1.54, 1.807) is 26.8 Å². The van der Waals surface area contributed by atoms with Gasteiger partial charge in [-0.3, -0.25) is 19.2 Å². The summed E-state index contributed by atoms with van der Waals surface area (Å²) in [4.78, 5) is 90.4. The monoisotopic (exact) mass is 1310 g/mol. The highest BCUT2D eigenvalue weighted by molar-refractivity contribution is 6.45. The summed E-state index contributed by atoms with van der Waals surface area (Å²) < 4.78 is 28.7. The SMILES string of the molecule is C=CC[C@H](CN1CCCCC1)[C@H](NC(C)=O)C(=O)OC(C)(C)C.C=CC[C@H](CO)[C@H](NC(C)=O)C(=O)OC(C)(C)C.CC(=O)N[C@H](C(=O)OC(C)(C)C)[C@H](CCCB1OC(C)(C)C(C)(C)O1)CN1CCCCC1.N[C@H](C(=O)O)[C@H](CCCB(O)O)CN1CCCCC1. The van der Waals surface area contributed by atoms with Crippen molar-refractivity contribution in [1.82, 2.24) is 30.7 Å². The maximum Gasteiger partial charge on any atom is 0.457 e. The van der Waals surface area contributed by atoms with Gasteiger partial charge in [0.05, 0.1) is 11.2 Å². The Morgan fingerprint density at radius 3 is 1.18 bits per heavy atom. The summed E-state index contributed by atoms with van der Waals surface area (Å²) in [5.41, 5.74) is 3.24. The molecule has 4 heterocycles. The molecule has 4 fully saturated rings. The fourth-order valence-corrected chi connectivity index (χ4v) is 11.5. The van der Waals surface area contributed by atoms with Gasteiger partial charge in [-0.1, -0.05) is 44.3 Å². The molecular weight excluding hydrogens is 1180 g/mol. The van der Waals surface area contributed by atoms with E-state index in [9.17, 15) is 38.7 Å². The number of hydrogen-bond donors (Lipinski definition) is 8. The number of carbonyl (C=O) groups excluding carboxylic acids is 6. The summed E-state index contributed by atoms with van der Waals surface area (Å²) in [5.74, 6) is -3.63. The van der Waals surface area contributed by atoms with E-state index in [0.29, 0.717) is 32.2 Å². The molecule has 0 aromatic heterocycles. The smallest absolute Gasteiger partial charge is 0.457 e. The first-order valence-electron chi connectivity index (χ1n) is 33.8. The lowest BCUT2D eigenvalue weighted by Gasteiger charge is -2.35. The molecule has 4 rings (SSSR count). The lowest BCUT2D eigenvalue weighted by atomic mass is 9.80. The molecule has 0 unspecified atom stereocenters. The van der Waals surface area contributed by atoms with Crippen LogP contribution in [0.15, 0.2) is 25.3 Å². The number of carboxylic acids is 1. The molecule has 92 heavy (non-hydrogen) atoms. The number of hydrogen-bond acceptors (Lipinski definition) is 19. The molecule has 3 amide bonds. The van der Waals surface area contributed by atoms with Crippen LogP contribution in [0.3, 0.4) is 0 Å². The van der Waals surface area contributed by atoms with Crippen molar-refractivity contribution in [1.29, 1.82) is 0 Å². The Bertz CT molecular complexity index is 2210. The number of carbonyl (C=O) groups is 7. The zero-order chi connectivity index (χ0) is 70.2. The van der Waals surface area contributed by atoms with Crippen LogP contribution < -0.4 is 21.7 Å². The van der Waals surface area contributed by atoms with Crippen LogP contribution in [-0.2, 0) is 57.1 Å². The fraction of sp³-hybridized carbons (Fsp3) is 0.836. The number of nitrogens with zero attached hydrogens (tertiary/aromatic N) is 3. The minimum absolute atomic E-state index is 0.0238. The Hall–Kier alpha value is -4.46. The molecule has 0 aromatic rings. The number of aliphatic hydroxyl groups excluding tert-OH is 1. The highest BCUT2D eigenvalue weighted by atomic mass is 16.7. The summed E-state index contributed by atoms with van der Waals surface area (Å²) in [6.45, 7) is 44.3. The third-order valence-electron chi connectivity index (χ3n) is 16.6. The molecule has 0 bridgehead atoms. The highest BCUT2D eigenvalue weighted by Gasteiger charge is 2.51. The number of esters is 3. The van der Waals surface area contributed by atoms with E-state index >= 15 is 0 Å². The van der Waals surface area contributed by atoms with Crippen molar-refractivity contribution in [3.63, 3.8) is 0 Å². The van der Waals surface area contributed by atoms with Crippen LogP contribution in [0.2, 0.25) is 12.6 Å². The number of aliphatic carboxylic acids is 1. The number of likely N-dealkylation sites (tertiary alicyclic amines) is 3. The minimum Gasteiger partial charge on any atom is -0.480 e. The number of rotatable bonds is 30. The summed E-state index contributed by atoms with van der Waals surface area (Å²) in [6.07, 6.45) is 19.2. The van der Waals surface area contributed by atoms with Crippen LogP contribution in [0.1, 0.15) is 207 Å². The molecule has 23 nitrogen and oxygen atoms in total. The average molecular weight is 1310 g/mol. The van der Waals surface area contributed by atoms with E-state index in [4.69, 9.17) is 44.4 Å². The summed E-state index contributed by atoms with van der Waals surface area (Å²) in [7, 11) is -1.58. The van der Waals surface area contributed by atoms with Gasteiger partial charge in [0.15, 0.2) is 0 Å². The number of allylic oxidation sites excluding steroid dienone is 2. The predicted molar refractivity (Wildman–Crippen MR) is 362 cm³/mol. The number of piperidine rings is 3. The van der Waals surface area contributed by atoms with Crippen molar-refractivity contribution < 1.29 is 77.3 Å². The summed E-state index contributed by atoms with van der Waals surface area (Å²) in [6, 6.07) is -3.03. The fourth-order valence-electron chi connectivity index (χ4n) is 11.5. The molecule has 530 valence electrons. The van der Waals surface area contributed by atoms with Crippen molar-refractivity contribution in [3.05, 3.63) is 25.3 Å². The largest absolute Gasteiger partial charge is 0.480 e. The van der Waals surface area contributed by atoms with E-state index in [-0.39, 0.29) is 78.7 Å². The second kappa shape index (κ2) is 42.2. The molecule has 0 aliphatic carbocycles. The van der Waals surface area contributed by atoms with Gasteiger partial charge in [-0.05, 0) is 212 Å². The Kier molecular flexibility index (Phi) is 39.2. The maximum atomic E-state index is 13.1. The molecule has 0 aromatic carbocycles. The Balaban J connectivity index is 0.000000632. The molecule has 0 saturated carbocycles. The Morgan fingerprint density at radius 1 is 0.554 bits per heavy atom. The van der Waals surface area contributed by atoms with Gasteiger partial charge in [0.25, 0.3) is 0 Å². The van der Waals surface area contributed by atoms with Crippen molar-refractivity contribution in [2.75, 3.05) is 65.5 Å². The third-order valence-corrected chi connectivity index (χ3v) is 16.6. The normalized spacial score (nSPS) is 19.6. The lowest BCUT2D eigenvalue weighted by molar-refractivity contribution is -0.161. The van der Waals surface area contributed by atoms with Crippen molar-refractivity contribution >= 4 is 55.8 Å². The van der Waals surface area contributed by atoms with Crippen LogP contribution in [0.25, 0.3) is 0 Å². The van der Waals surface area contributed by atoms with E-state index in [2.05, 4.69) is 71.5 Å². The van der Waals surface area contributed by atoms with Crippen LogP contribution in [-0.4, -0.2) is 208 Å². The number of aliphatic hydroxyl groups is 1. The van der Waals surface area contributed by atoms with Crippen molar-refractivity contribution in [2.24, 2.45) is 29.4 Å². The number of ether oxygens (including phenoxy) is 3. The Labute approximate surface area is 553 Å². The van der Waals surface area contributed by atoms with E-state index < -0.39 is 65.9 Å². The van der Waals surface area contributed by atoms with Gasteiger partial charge in [-0.15, -0.1) is 13.2 Å². The number of amides is 3. The second-order valence-corrected chi connectivity index (χ2v) is 29.4. The Morgan fingerprint density at radius 2 is 0.870 bits per heavy atom. The van der Waals surface area contributed by atoms with E-state index in [1.807, 2.05) is 47.6 Å². The van der Waals surface area contributed by atoms with Crippen LogP contribution in [0.5, 0.6) is 0 Å². The van der Waals surface area contributed by atoms with E-state index in [0.717, 1.165) is 84.4 Å². The van der Waals surface area contributed by atoms with Gasteiger partial charge in [0, 0.05) is 64.8 Å². The minimum atomic E-state index is -1.32. The molecular formula is C67H125B2N7O16. The number of nitrogens with two attached hydrogens (primary N) is 1. The summed E-state index contributed by atoms with van der Waals surface area (Å²) >= 11 is 0. The topological polar surface area (TPSA) is 318 Å². The molecule has 0 spiro atoms. The van der Waals surface area contributed by atoms with Gasteiger partial charge in [0.2, 0.25) is 17.7 Å². The molecule has 4 aliphatic rings. The summed E-state index contributed by atoms with van der Waals surface area (Å²) in [5, 5.41) is 44.2. The van der Waals surface area contributed by atoms with Gasteiger partial charge in [-0.2, -0.15) is 0 Å². The van der Waals surface area contributed by atoms with E-state index in [1.165, 1.54) is 65.7 Å². The quantitative estimate of drug-likeness (QED) is 0.0154. The molecule has 0 radical (unpaired) electrons. The molecule has 9 N–H and O–H groups in total.